The first kappa shape index (κ1) is 16.9. The van der Waals surface area contributed by atoms with E-state index in [1.807, 2.05) is 0 Å². The highest BCUT2D eigenvalue weighted by Gasteiger charge is 2.27. The molecule has 0 heterocycles. The fourth-order valence-electron chi connectivity index (χ4n) is 1.81. The zero-order chi connectivity index (χ0) is 14.3. The Morgan fingerprint density at radius 1 is 1.22 bits per heavy atom. The molecule has 1 atom stereocenters. The quantitative estimate of drug-likeness (QED) is 0.599. The van der Waals surface area contributed by atoms with Gasteiger partial charge in [0.05, 0.1) is 0 Å². The summed E-state index contributed by atoms with van der Waals surface area (Å²) in [5.74, 6) is 0.280. The average Bonchev–Trinajstić information content (AvgIpc) is 2.22. The lowest BCUT2D eigenvalue weighted by atomic mass is 9.88. The summed E-state index contributed by atoms with van der Waals surface area (Å²) in [6.07, 6.45) is 2.11. The van der Waals surface area contributed by atoms with Crippen molar-refractivity contribution in [2.75, 3.05) is 6.54 Å². The number of hydrogen-bond donors (Lipinski definition) is 3. The Labute approximate surface area is 110 Å². The molecule has 0 aromatic rings. The highest BCUT2D eigenvalue weighted by atomic mass is 16.2. The monoisotopic (exact) mass is 257 g/mol. The van der Waals surface area contributed by atoms with Crippen molar-refractivity contribution >= 4 is 11.8 Å². The van der Waals surface area contributed by atoms with E-state index in [0.29, 0.717) is 24.8 Å². The van der Waals surface area contributed by atoms with Crippen LogP contribution in [0.15, 0.2) is 0 Å². The number of nitrogens with two attached hydrogens (primary N) is 2. The number of hydrogen-bond acceptors (Lipinski definition) is 3. The fourth-order valence-corrected chi connectivity index (χ4v) is 1.81. The molecule has 0 aliphatic rings. The van der Waals surface area contributed by atoms with Crippen LogP contribution in [0.1, 0.15) is 47.0 Å². The number of amides is 2. The third-order valence-corrected chi connectivity index (χ3v) is 3.29. The number of primary amides is 1. The minimum Gasteiger partial charge on any atom is -0.368 e. The second kappa shape index (κ2) is 7.36. The van der Waals surface area contributed by atoms with Crippen molar-refractivity contribution in [3.63, 3.8) is 0 Å². The maximum absolute atomic E-state index is 11.7. The first-order chi connectivity index (χ1) is 8.20. The van der Waals surface area contributed by atoms with E-state index < -0.39 is 11.4 Å². The normalized spacial score (nSPS) is 13.4. The van der Waals surface area contributed by atoms with Crippen LogP contribution >= 0.6 is 0 Å². The van der Waals surface area contributed by atoms with Crippen molar-refractivity contribution in [1.29, 1.82) is 0 Å². The fraction of sp³-hybridized carbons (Fsp3) is 0.846. The summed E-state index contributed by atoms with van der Waals surface area (Å²) in [7, 11) is 0. The number of rotatable bonds is 8. The maximum Gasteiger partial charge on any atom is 0.242 e. The lowest BCUT2D eigenvalue weighted by molar-refractivity contribution is -0.130. The third-order valence-electron chi connectivity index (χ3n) is 3.29. The second-order valence-corrected chi connectivity index (χ2v) is 5.66. The summed E-state index contributed by atoms with van der Waals surface area (Å²) < 4.78 is 0. The number of carbonyl (C=O) groups is 2. The predicted octanol–water partition coefficient (Wildman–Crippen LogP) is 0.768. The Hall–Kier alpha value is -1.10. The summed E-state index contributed by atoms with van der Waals surface area (Å²) in [4.78, 5) is 22.8. The van der Waals surface area contributed by atoms with E-state index in [9.17, 15) is 9.59 Å². The van der Waals surface area contributed by atoms with Crippen molar-refractivity contribution in [3.05, 3.63) is 0 Å². The molecule has 106 valence electrons. The van der Waals surface area contributed by atoms with Crippen LogP contribution in [0.4, 0.5) is 0 Å². The van der Waals surface area contributed by atoms with Crippen molar-refractivity contribution < 1.29 is 9.59 Å². The molecule has 0 fully saturated rings. The van der Waals surface area contributed by atoms with Crippen LogP contribution in [0.5, 0.6) is 0 Å². The number of carbonyl (C=O) groups excluding carboxylic acids is 2. The van der Waals surface area contributed by atoms with Crippen molar-refractivity contribution in [2.45, 2.75) is 52.5 Å². The van der Waals surface area contributed by atoms with Crippen LogP contribution in [-0.2, 0) is 9.59 Å². The van der Waals surface area contributed by atoms with Gasteiger partial charge >= 0.3 is 0 Å². The van der Waals surface area contributed by atoms with Crippen LogP contribution in [0, 0.1) is 11.8 Å². The SMILES string of the molecule is CC(C)C(CCN)CCC(=O)NC(C)(C)C(N)=O. The summed E-state index contributed by atoms with van der Waals surface area (Å²) in [5.41, 5.74) is 9.77. The topological polar surface area (TPSA) is 98.2 Å². The van der Waals surface area contributed by atoms with Gasteiger partial charge in [-0.1, -0.05) is 13.8 Å². The van der Waals surface area contributed by atoms with E-state index in [-0.39, 0.29) is 5.91 Å². The molecule has 0 aliphatic carbocycles. The first-order valence-electron chi connectivity index (χ1n) is 6.51. The molecule has 1 unspecified atom stereocenters. The molecule has 0 aliphatic heterocycles. The van der Waals surface area contributed by atoms with Crippen LogP contribution in [0.3, 0.4) is 0 Å². The minimum atomic E-state index is -0.988. The Morgan fingerprint density at radius 3 is 2.17 bits per heavy atom. The minimum absolute atomic E-state index is 0.138. The van der Waals surface area contributed by atoms with Gasteiger partial charge in [-0.25, -0.2) is 0 Å². The van der Waals surface area contributed by atoms with Gasteiger partial charge in [0.15, 0.2) is 0 Å². The molecule has 0 bridgehead atoms. The van der Waals surface area contributed by atoms with Crippen LogP contribution in [0.2, 0.25) is 0 Å². The third kappa shape index (κ3) is 6.00. The average molecular weight is 257 g/mol. The van der Waals surface area contributed by atoms with Crippen molar-refractivity contribution in [1.82, 2.24) is 5.32 Å². The van der Waals surface area contributed by atoms with Gasteiger partial charge in [-0.3, -0.25) is 9.59 Å². The molecule has 5 nitrogen and oxygen atoms in total. The van der Waals surface area contributed by atoms with Gasteiger partial charge in [0.25, 0.3) is 0 Å². The molecule has 0 saturated carbocycles. The molecule has 0 rings (SSSR count). The standard InChI is InChI=1S/C13H27N3O2/c1-9(2)10(7-8-14)5-6-11(17)16-13(3,4)12(15)18/h9-10H,5-8,14H2,1-4H3,(H2,15,18)(H,16,17). The largest absolute Gasteiger partial charge is 0.368 e. The van der Waals surface area contributed by atoms with Gasteiger partial charge in [-0.05, 0) is 45.1 Å². The Bertz CT molecular complexity index is 288. The van der Waals surface area contributed by atoms with E-state index in [0.717, 1.165) is 12.8 Å². The van der Waals surface area contributed by atoms with Crippen LogP contribution in [0.25, 0.3) is 0 Å². The Morgan fingerprint density at radius 2 is 1.78 bits per heavy atom. The van der Waals surface area contributed by atoms with Crippen LogP contribution in [-0.4, -0.2) is 23.9 Å². The molecule has 18 heavy (non-hydrogen) atoms. The van der Waals surface area contributed by atoms with Gasteiger partial charge in [-0.2, -0.15) is 0 Å². The zero-order valence-corrected chi connectivity index (χ0v) is 12.0. The first-order valence-corrected chi connectivity index (χ1v) is 6.51. The molecular weight excluding hydrogens is 230 g/mol. The molecule has 0 aromatic carbocycles. The Kier molecular flexibility index (Phi) is 6.91. The Balaban J connectivity index is 4.21. The molecule has 5 N–H and O–H groups in total. The van der Waals surface area contributed by atoms with Gasteiger partial charge < -0.3 is 16.8 Å². The second-order valence-electron chi connectivity index (χ2n) is 5.66. The van der Waals surface area contributed by atoms with Crippen molar-refractivity contribution in [2.24, 2.45) is 23.3 Å². The molecule has 2 amide bonds. The predicted molar refractivity (Wildman–Crippen MR) is 72.6 cm³/mol. The smallest absolute Gasteiger partial charge is 0.242 e. The van der Waals surface area contributed by atoms with Gasteiger partial charge in [0, 0.05) is 6.42 Å². The van der Waals surface area contributed by atoms with Crippen LogP contribution < -0.4 is 16.8 Å². The number of nitrogens with one attached hydrogen (secondary N) is 1. The van der Waals surface area contributed by atoms with Crippen molar-refractivity contribution in [3.8, 4) is 0 Å². The van der Waals surface area contributed by atoms with E-state index in [4.69, 9.17) is 11.5 Å². The van der Waals surface area contributed by atoms with E-state index in [1.54, 1.807) is 13.8 Å². The molecule has 0 spiro atoms. The van der Waals surface area contributed by atoms with Gasteiger partial charge in [-0.15, -0.1) is 0 Å². The van der Waals surface area contributed by atoms with Gasteiger partial charge in [0.1, 0.15) is 5.54 Å². The lowest BCUT2D eigenvalue weighted by Crippen LogP contribution is -2.53. The summed E-state index contributed by atoms with van der Waals surface area (Å²) in [5, 5.41) is 2.65. The summed E-state index contributed by atoms with van der Waals surface area (Å²) >= 11 is 0. The van der Waals surface area contributed by atoms with E-state index in [1.165, 1.54) is 0 Å². The highest BCUT2D eigenvalue weighted by Crippen LogP contribution is 2.20. The molecular formula is C13H27N3O2. The highest BCUT2D eigenvalue weighted by molar-refractivity contribution is 5.89. The molecule has 5 heteroatoms. The van der Waals surface area contributed by atoms with E-state index in [2.05, 4.69) is 19.2 Å². The van der Waals surface area contributed by atoms with Gasteiger partial charge in [0.2, 0.25) is 11.8 Å². The molecule has 0 saturated heterocycles. The zero-order valence-electron chi connectivity index (χ0n) is 12.0. The molecule has 0 aromatic heterocycles. The summed E-state index contributed by atoms with van der Waals surface area (Å²) in [6, 6.07) is 0. The summed E-state index contributed by atoms with van der Waals surface area (Å²) in [6.45, 7) is 8.11. The van der Waals surface area contributed by atoms with E-state index >= 15 is 0 Å². The lowest BCUT2D eigenvalue weighted by Gasteiger charge is -2.24. The molecule has 0 radical (unpaired) electrons. The maximum atomic E-state index is 11.7.